The maximum absolute atomic E-state index is 13.7. The number of nitrogens with one attached hydrogen (secondary N) is 1. The number of hydrogen-bond donors (Lipinski definition) is 1. The SMILES string of the molecule is CC[C@@H](C)c1ccc(N2C(=O)c3ccccc3N[C@H]2c2ccc(OCc3ccc(Br)cc3)cc2)cc1. The highest BCUT2D eigenvalue weighted by Gasteiger charge is 2.34. The van der Waals surface area contributed by atoms with Crippen LogP contribution in [-0.4, -0.2) is 5.91 Å². The molecule has 4 aromatic rings. The van der Waals surface area contributed by atoms with E-state index in [2.05, 4.69) is 59.4 Å². The van der Waals surface area contributed by atoms with Gasteiger partial charge >= 0.3 is 0 Å². The fraction of sp³-hybridized carbons (Fsp3) is 0.194. The summed E-state index contributed by atoms with van der Waals surface area (Å²) in [4.78, 5) is 15.5. The van der Waals surface area contributed by atoms with E-state index in [4.69, 9.17) is 4.74 Å². The molecule has 0 aliphatic carbocycles. The van der Waals surface area contributed by atoms with Gasteiger partial charge in [0.05, 0.1) is 5.56 Å². The van der Waals surface area contributed by atoms with Crippen LogP contribution in [0.3, 0.4) is 0 Å². The summed E-state index contributed by atoms with van der Waals surface area (Å²) in [6.45, 7) is 4.91. The van der Waals surface area contributed by atoms with E-state index in [1.165, 1.54) is 5.56 Å². The zero-order chi connectivity index (χ0) is 25.1. The molecule has 5 heteroatoms. The Balaban J connectivity index is 1.42. The van der Waals surface area contributed by atoms with Gasteiger partial charge in [0.25, 0.3) is 5.91 Å². The molecule has 5 rings (SSSR count). The third-order valence-corrected chi connectivity index (χ3v) is 7.32. The zero-order valence-electron chi connectivity index (χ0n) is 20.4. The van der Waals surface area contributed by atoms with Crippen LogP contribution in [0.15, 0.2) is 102 Å². The Hall–Kier alpha value is -3.57. The molecule has 1 aliphatic rings. The lowest BCUT2D eigenvalue weighted by Crippen LogP contribution is -2.43. The van der Waals surface area contributed by atoms with Crippen molar-refractivity contribution in [3.05, 3.63) is 124 Å². The Labute approximate surface area is 221 Å². The maximum atomic E-state index is 13.7. The van der Waals surface area contributed by atoms with Gasteiger partial charge in [-0.05, 0) is 77.6 Å². The van der Waals surface area contributed by atoms with Gasteiger partial charge in [-0.3, -0.25) is 9.69 Å². The summed E-state index contributed by atoms with van der Waals surface area (Å²) >= 11 is 3.46. The average Bonchev–Trinajstić information content (AvgIpc) is 2.93. The van der Waals surface area contributed by atoms with E-state index in [0.29, 0.717) is 18.1 Å². The second-order valence-electron chi connectivity index (χ2n) is 9.15. The molecule has 0 bridgehead atoms. The quantitative estimate of drug-likeness (QED) is 0.256. The fourth-order valence-electron chi connectivity index (χ4n) is 4.45. The monoisotopic (exact) mass is 540 g/mol. The Bertz CT molecular complexity index is 1330. The number of carbonyl (C=O) groups is 1. The van der Waals surface area contributed by atoms with Gasteiger partial charge in [0.15, 0.2) is 0 Å². The van der Waals surface area contributed by atoms with Crippen LogP contribution in [0.4, 0.5) is 11.4 Å². The summed E-state index contributed by atoms with van der Waals surface area (Å²) in [5.41, 5.74) is 5.76. The molecule has 182 valence electrons. The van der Waals surface area contributed by atoms with E-state index in [9.17, 15) is 4.79 Å². The molecule has 1 amide bonds. The first-order valence-electron chi connectivity index (χ1n) is 12.3. The van der Waals surface area contributed by atoms with Crippen LogP contribution in [-0.2, 0) is 6.61 Å². The van der Waals surface area contributed by atoms with E-state index >= 15 is 0 Å². The Morgan fingerprint density at radius 2 is 1.61 bits per heavy atom. The first kappa shape index (κ1) is 24.1. The number of fused-ring (bicyclic) bond motifs is 1. The normalized spacial score (nSPS) is 15.7. The molecule has 4 nitrogen and oxygen atoms in total. The lowest BCUT2D eigenvalue weighted by atomic mass is 9.97. The molecule has 0 spiro atoms. The van der Waals surface area contributed by atoms with E-state index in [-0.39, 0.29) is 12.1 Å². The largest absolute Gasteiger partial charge is 0.489 e. The number of halogens is 1. The average molecular weight is 541 g/mol. The van der Waals surface area contributed by atoms with Crippen LogP contribution in [0.25, 0.3) is 0 Å². The van der Waals surface area contributed by atoms with Gasteiger partial charge in [-0.2, -0.15) is 0 Å². The predicted molar refractivity (Wildman–Crippen MR) is 150 cm³/mol. The number of benzene rings is 4. The number of amides is 1. The zero-order valence-corrected chi connectivity index (χ0v) is 22.0. The van der Waals surface area contributed by atoms with Crippen LogP contribution in [0.5, 0.6) is 5.75 Å². The third-order valence-electron chi connectivity index (χ3n) is 6.79. The first-order chi connectivity index (χ1) is 17.5. The lowest BCUT2D eigenvalue weighted by molar-refractivity contribution is 0.0975. The lowest BCUT2D eigenvalue weighted by Gasteiger charge is -2.38. The number of anilines is 2. The molecule has 0 saturated carbocycles. The summed E-state index contributed by atoms with van der Waals surface area (Å²) in [5, 5.41) is 3.58. The van der Waals surface area contributed by atoms with Crippen molar-refractivity contribution < 1.29 is 9.53 Å². The van der Waals surface area contributed by atoms with Crippen LogP contribution < -0.4 is 15.0 Å². The van der Waals surface area contributed by atoms with Crippen molar-refractivity contribution in [2.24, 2.45) is 0 Å². The summed E-state index contributed by atoms with van der Waals surface area (Å²) < 4.78 is 7.04. The molecule has 0 radical (unpaired) electrons. The molecule has 4 aromatic carbocycles. The summed E-state index contributed by atoms with van der Waals surface area (Å²) in [5.74, 6) is 1.26. The van der Waals surface area contributed by atoms with Gasteiger partial charge in [-0.25, -0.2) is 0 Å². The highest BCUT2D eigenvalue weighted by Crippen LogP contribution is 2.37. The van der Waals surface area contributed by atoms with Crippen molar-refractivity contribution >= 4 is 33.2 Å². The molecule has 0 fully saturated rings. The third kappa shape index (κ3) is 5.02. The van der Waals surface area contributed by atoms with E-state index in [1.54, 1.807) is 0 Å². The van der Waals surface area contributed by atoms with Crippen molar-refractivity contribution in [3.8, 4) is 5.75 Å². The first-order valence-corrected chi connectivity index (χ1v) is 13.1. The maximum Gasteiger partial charge on any atom is 0.262 e. The molecule has 0 saturated heterocycles. The smallest absolute Gasteiger partial charge is 0.262 e. The molecule has 1 heterocycles. The Morgan fingerprint density at radius 3 is 2.31 bits per heavy atom. The van der Waals surface area contributed by atoms with Gasteiger partial charge < -0.3 is 10.1 Å². The highest BCUT2D eigenvalue weighted by atomic mass is 79.9. The minimum absolute atomic E-state index is 0.0128. The summed E-state index contributed by atoms with van der Waals surface area (Å²) in [6.07, 6.45) is 0.748. The van der Waals surface area contributed by atoms with E-state index in [1.807, 2.05) is 77.7 Å². The summed E-state index contributed by atoms with van der Waals surface area (Å²) in [7, 11) is 0. The number of rotatable bonds is 7. The molecule has 2 atom stereocenters. The van der Waals surface area contributed by atoms with Crippen LogP contribution >= 0.6 is 15.9 Å². The molecule has 0 unspecified atom stereocenters. The van der Waals surface area contributed by atoms with Crippen molar-refractivity contribution in [2.45, 2.75) is 39.0 Å². The number of para-hydroxylation sites is 1. The van der Waals surface area contributed by atoms with Gasteiger partial charge in [0.2, 0.25) is 0 Å². The molecular formula is C31H29BrN2O2. The number of hydrogen-bond acceptors (Lipinski definition) is 3. The van der Waals surface area contributed by atoms with Crippen LogP contribution in [0, 0.1) is 0 Å². The van der Waals surface area contributed by atoms with Crippen LogP contribution in [0.1, 0.15) is 59.4 Å². The van der Waals surface area contributed by atoms with Crippen molar-refractivity contribution in [1.82, 2.24) is 0 Å². The van der Waals surface area contributed by atoms with Crippen molar-refractivity contribution in [2.75, 3.05) is 10.2 Å². The number of ether oxygens (including phenoxy) is 1. The van der Waals surface area contributed by atoms with Gasteiger partial charge in [0.1, 0.15) is 18.5 Å². The van der Waals surface area contributed by atoms with Gasteiger partial charge in [0, 0.05) is 15.8 Å². The van der Waals surface area contributed by atoms with Crippen molar-refractivity contribution in [3.63, 3.8) is 0 Å². The standard InChI is InChI=1S/C31H29BrN2O2/c1-3-21(2)23-10-16-26(17-11-23)34-30(33-29-7-5-4-6-28(29)31(34)35)24-12-18-27(19-13-24)36-20-22-8-14-25(32)15-9-22/h4-19,21,30,33H,3,20H2,1-2H3/t21-,30-/m1/s1. The molecular weight excluding hydrogens is 512 g/mol. The predicted octanol–water partition coefficient (Wildman–Crippen LogP) is 8.31. The molecule has 1 N–H and O–H groups in total. The fourth-order valence-corrected chi connectivity index (χ4v) is 4.71. The minimum Gasteiger partial charge on any atom is -0.489 e. The minimum atomic E-state index is -0.331. The van der Waals surface area contributed by atoms with Gasteiger partial charge in [-0.15, -0.1) is 0 Å². The second kappa shape index (κ2) is 10.6. The number of carbonyl (C=O) groups excluding carboxylic acids is 1. The molecule has 0 aromatic heterocycles. The highest BCUT2D eigenvalue weighted by molar-refractivity contribution is 9.10. The molecule has 1 aliphatic heterocycles. The van der Waals surface area contributed by atoms with Gasteiger partial charge in [-0.1, -0.05) is 78.3 Å². The number of nitrogens with zero attached hydrogens (tertiary/aromatic N) is 1. The Morgan fingerprint density at radius 1 is 0.917 bits per heavy atom. The molecule has 36 heavy (non-hydrogen) atoms. The summed E-state index contributed by atoms with van der Waals surface area (Å²) in [6, 6.07) is 32.1. The van der Waals surface area contributed by atoms with Crippen LogP contribution in [0.2, 0.25) is 0 Å². The second-order valence-corrected chi connectivity index (χ2v) is 10.1. The van der Waals surface area contributed by atoms with E-state index in [0.717, 1.165) is 39.1 Å². The van der Waals surface area contributed by atoms with Crippen molar-refractivity contribution in [1.29, 1.82) is 0 Å². The van der Waals surface area contributed by atoms with E-state index < -0.39 is 0 Å². The topological polar surface area (TPSA) is 41.6 Å². The Kier molecular flexibility index (Phi) is 7.10.